The Morgan fingerprint density at radius 2 is 2.27 bits per heavy atom. The fraction of sp³-hybridized carbons (Fsp3) is 0.333. The predicted molar refractivity (Wildman–Crippen MR) is 85.0 cm³/mol. The van der Waals surface area contributed by atoms with Crippen molar-refractivity contribution in [3.05, 3.63) is 47.5 Å². The van der Waals surface area contributed by atoms with Crippen molar-refractivity contribution in [1.29, 1.82) is 0 Å². The lowest BCUT2D eigenvalue weighted by atomic mass is 10.1. The summed E-state index contributed by atoms with van der Waals surface area (Å²) in [6, 6.07) is 4.10. The zero-order valence-electron chi connectivity index (χ0n) is 12.8. The minimum atomic E-state index is -0.486. The molecule has 0 fully saturated rings. The number of rotatable bonds is 6. The van der Waals surface area contributed by atoms with Crippen molar-refractivity contribution < 1.29 is 9.18 Å². The summed E-state index contributed by atoms with van der Waals surface area (Å²) in [4.78, 5) is 13.3. The largest absolute Gasteiger partial charge is 0.350 e. The lowest BCUT2D eigenvalue weighted by molar-refractivity contribution is -0.123. The second-order valence-corrected chi connectivity index (χ2v) is 5.69. The van der Waals surface area contributed by atoms with Crippen molar-refractivity contribution in [1.82, 2.24) is 20.4 Å². The Morgan fingerprint density at radius 3 is 2.86 bits per heavy atom. The Balaban J connectivity index is 2.07. The van der Waals surface area contributed by atoms with Crippen LogP contribution in [0.25, 0.3) is 0 Å². The summed E-state index contributed by atoms with van der Waals surface area (Å²) < 4.78 is 15.0. The third-order valence-corrected chi connectivity index (χ3v) is 4.14. The lowest BCUT2D eigenvalue weighted by Crippen LogP contribution is -2.35. The Bertz CT molecular complexity index is 659. The topological polar surface area (TPSA) is 59.0 Å². The first kappa shape index (κ1) is 16.5. The molecule has 0 spiro atoms. The molecule has 1 atom stereocenters. The number of halogens is 1. The van der Waals surface area contributed by atoms with Gasteiger partial charge in [-0.3, -0.25) is 9.48 Å². The quantitative estimate of drug-likeness (QED) is 0.797. The van der Waals surface area contributed by atoms with Crippen LogP contribution in [-0.4, -0.2) is 29.0 Å². The van der Waals surface area contributed by atoms with Gasteiger partial charge in [-0.05, 0) is 37.1 Å². The lowest BCUT2D eigenvalue weighted by Gasteiger charge is -2.15. The highest BCUT2D eigenvalue weighted by Crippen LogP contribution is 2.21. The number of likely N-dealkylation sites (N-methyl/N-ethyl adjacent to an activating group) is 1. The first-order chi connectivity index (χ1) is 10.5. The smallest absolute Gasteiger partial charge is 0.242 e. The van der Waals surface area contributed by atoms with Gasteiger partial charge in [0.1, 0.15) is 11.9 Å². The van der Waals surface area contributed by atoms with Crippen LogP contribution in [0, 0.1) is 5.82 Å². The molecule has 2 rings (SSSR count). The number of carbonyl (C=O) groups excluding carboxylic acids is 1. The molecule has 22 heavy (non-hydrogen) atoms. The SMILES string of the molecule is CNC(C(=O)NCc1cc(F)ccc1SC)c1cnn(C)c1. The number of nitrogens with one attached hydrogen (secondary N) is 2. The van der Waals surface area contributed by atoms with E-state index in [2.05, 4.69) is 15.7 Å². The fourth-order valence-electron chi connectivity index (χ4n) is 2.21. The molecule has 118 valence electrons. The van der Waals surface area contributed by atoms with E-state index in [9.17, 15) is 9.18 Å². The van der Waals surface area contributed by atoms with Gasteiger partial charge in [0, 0.05) is 30.2 Å². The molecule has 0 aliphatic heterocycles. The van der Waals surface area contributed by atoms with E-state index in [-0.39, 0.29) is 18.3 Å². The molecule has 0 aliphatic carbocycles. The number of benzene rings is 1. The number of aryl methyl sites for hydroxylation is 1. The summed E-state index contributed by atoms with van der Waals surface area (Å²) in [7, 11) is 3.51. The van der Waals surface area contributed by atoms with Crippen molar-refractivity contribution in [2.24, 2.45) is 7.05 Å². The van der Waals surface area contributed by atoms with Gasteiger partial charge in [0.2, 0.25) is 5.91 Å². The molecule has 0 bridgehead atoms. The predicted octanol–water partition coefficient (Wildman–Crippen LogP) is 1.86. The van der Waals surface area contributed by atoms with E-state index in [0.29, 0.717) is 0 Å². The van der Waals surface area contributed by atoms with Crippen LogP contribution in [0.4, 0.5) is 4.39 Å². The van der Waals surface area contributed by atoms with Crippen LogP contribution in [0.2, 0.25) is 0 Å². The second kappa shape index (κ2) is 7.42. The molecule has 2 N–H and O–H groups in total. The van der Waals surface area contributed by atoms with Crippen LogP contribution in [0.3, 0.4) is 0 Å². The molecule has 2 aromatic rings. The van der Waals surface area contributed by atoms with Crippen molar-refractivity contribution in [3.8, 4) is 0 Å². The summed E-state index contributed by atoms with van der Waals surface area (Å²) >= 11 is 1.52. The number of hydrogen-bond donors (Lipinski definition) is 2. The van der Waals surface area contributed by atoms with Gasteiger partial charge in [-0.1, -0.05) is 0 Å². The molecule has 1 aromatic carbocycles. The van der Waals surface area contributed by atoms with Crippen molar-refractivity contribution in [2.75, 3.05) is 13.3 Å². The number of aromatic nitrogens is 2. The van der Waals surface area contributed by atoms with Gasteiger partial charge in [-0.15, -0.1) is 11.8 Å². The van der Waals surface area contributed by atoms with Gasteiger partial charge in [0.05, 0.1) is 6.20 Å². The minimum absolute atomic E-state index is 0.174. The molecule has 1 heterocycles. The van der Waals surface area contributed by atoms with E-state index in [0.717, 1.165) is 16.0 Å². The van der Waals surface area contributed by atoms with Crippen LogP contribution >= 0.6 is 11.8 Å². The highest BCUT2D eigenvalue weighted by Gasteiger charge is 2.20. The molecule has 0 aliphatic rings. The van der Waals surface area contributed by atoms with E-state index < -0.39 is 6.04 Å². The maximum absolute atomic E-state index is 13.4. The van der Waals surface area contributed by atoms with Crippen molar-refractivity contribution in [2.45, 2.75) is 17.5 Å². The van der Waals surface area contributed by atoms with Crippen LogP contribution in [0.5, 0.6) is 0 Å². The van der Waals surface area contributed by atoms with E-state index in [1.54, 1.807) is 37.2 Å². The van der Waals surface area contributed by atoms with Crippen molar-refractivity contribution >= 4 is 17.7 Å². The van der Waals surface area contributed by atoms with Crippen molar-refractivity contribution in [3.63, 3.8) is 0 Å². The third-order valence-electron chi connectivity index (χ3n) is 3.30. The maximum Gasteiger partial charge on any atom is 0.242 e. The zero-order valence-corrected chi connectivity index (χ0v) is 13.6. The standard InChI is InChI=1S/C15H19FN4OS/c1-17-14(11-8-19-20(2)9-11)15(21)18-7-10-6-12(16)4-5-13(10)22-3/h4-6,8-9,14,17H,7H2,1-3H3,(H,18,21). The Morgan fingerprint density at radius 1 is 1.50 bits per heavy atom. The third kappa shape index (κ3) is 3.86. The number of nitrogens with zero attached hydrogens (tertiary/aromatic N) is 2. The van der Waals surface area contributed by atoms with Crippen LogP contribution < -0.4 is 10.6 Å². The summed E-state index contributed by atoms with van der Waals surface area (Å²) in [6.45, 7) is 0.283. The molecule has 1 amide bonds. The molecule has 7 heteroatoms. The van der Waals surface area contributed by atoms with Gasteiger partial charge in [-0.25, -0.2) is 4.39 Å². The number of hydrogen-bond acceptors (Lipinski definition) is 4. The average molecular weight is 322 g/mol. The van der Waals surface area contributed by atoms with E-state index in [4.69, 9.17) is 0 Å². The molecule has 0 radical (unpaired) electrons. The van der Waals surface area contributed by atoms with Gasteiger partial charge in [-0.2, -0.15) is 5.10 Å². The summed E-state index contributed by atoms with van der Waals surface area (Å²) in [5.74, 6) is -0.480. The first-order valence-electron chi connectivity index (χ1n) is 6.81. The van der Waals surface area contributed by atoms with Gasteiger partial charge < -0.3 is 10.6 Å². The number of carbonyl (C=O) groups is 1. The second-order valence-electron chi connectivity index (χ2n) is 4.84. The fourth-order valence-corrected chi connectivity index (χ4v) is 2.81. The minimum Gasteiger partial charge on any atom is -0.350 e. The molecule has 1 aromatic heterocycles. The molecular weight excluding hydrogens is 303 g/mol. The number of thioether (sulfide) groups is 1. The maximum atomic E-state index is 13.4. The average Bonchev–Trinajstić information content (AvgIpc) is 2.92. The Kier molecular flexibility index (Phi) is 5.57. The zero-order chi connectivity index (χ0) is 16.1. The van der Waals surface area contributed by atoms with Gasteiger partial charge in [0.15, 0.2) is 0 Å². The highest BCUT2D eigenvalue weighted by atomic mass is 32.2. The normalized spacial score (nSPS) is 12.2. The molecule has 0 saturated carbocycles. The molecular formula is C15H19FN4OS. The van der Waals surface area contributed by atoms with Crippen LogP contribution in [0.15, 0.2) is 35.5 Å². The summed E-state index contributed by atoms with van der Waals surface area (Å²) in [6.07, 6.45) is 5.36. The highest BCUT2D eigenvalue weighted by molar-refractivity contribution is 7.98. The molecule has 5 nitrogen and oxygen atoms in total. The summed E-state index contributed by atoms with van der Waals surface area (Å²) in [5.41, 5.74) is 1.55. The monoisotopic (exact) mass is 322 g/mol. The van der Waals surface area contributed by atoms with E-state index >= 15 is 0 Å². The Hall–Kier alpha value is -1.86. The molecule has 1 unspecified atom stereocenters. The van der Waals surface area contributed by atoms with E-state index in [1.165, 1.54) is 23.9 Å². The molecule has 0 saturated heterocycles. The number of amides is 1. The van der Waals surface area contributed by atoms with Gasteiger partial charge in [0.25, 0.3) is 0 Å². The van der Waals surface area contributed by atoms with Crippen LogP contribution in [-0.2, 0) is 18.4 Å². The summed E-state index contributed by atoms with van der Waals surface area (Å²) in [5, 5.41) is 9.87. The Labute approximate surface area is 133 Å². The van der Waals surface area contributed by atoms with Crippen LogP contribution in [0.1, 0.15) is 17.2 Å². The van der Waals surface area contributed by atoms with Gasteiger partial charge >= 0.3 is 0 Å². The first-order valence-corrected chi connectivity index (χ1v) is 8.03. The van der Waals surface area contributed by atoms with E-state index in [1.807, 2.05) is 6.26 Å².